The predicted molar refractivity (Wildman–Crippen MR) is 57.2 cm³/mol. The van der Waals surface area contributed by atoms with E-state index in [-0.39, 0.29) is 0 Å². The maximum atomic E-state index is 12.6. The predicted octanol–water partition coefficient (Wildman–Crippen LogP) is 4.38. The van der Waals surface area contributed by atoms with E-state index < -0.39 is 11.7 Å². The number of rotatable bonds is 3. The second-order valence-electron chi connectivity index (χ2n) is 3.11. The van der Waals surface area contributed by atoms with Gasteiger partial charge in [0.05, 0.1) is 5.56 Å². The summed E-state index contributed by atoms with van der Waals surface area (Å²) in [7, 11) is 0. The largest absolute Gasteiger partial charge is 0.417 e. The Hall–Kier alpha value is -0.640. The van der Waals surface area contributed by atoms with E-state index in [9.17, 15) is 13.2 Å². The monoisotopic (exact) mass is 234 g/mol. The van der Waals surface area contributed by atoms with Crippen molar-refractivity contribution in [1.82, 2.24) is 0 Å². The normalized spacial score (nSPS) is 11.8. The molecule has 0 bridgehead atoms. The molecule has 0 radical (unpaired) electrons. The molecule has 0 heterocycles. The fourth-order valence-corrected chi connectivity index (χ4v) is 2.18. The fraction of sp³-hybridized carbons (Fsp3) is 0.455. The maximum absolute atomic E-state index is 12.6. The smallest absolute Gasteiger partial charge is 0.166 e. The van der Waals surface area contributed by atoms with Gasteiger partial charge in [-0.25, -0.2) is 0 Å². The van der Waals surface area contributed by atoms with Crippen LogP contribution >= 0.6 is 11.8 Å². The van der Waals surface area contributed by atoms with Crippen LogP contribution in [0, 0.1) is 0 Å². The molecule has 0 saturated carbocycles. The topological polar surface area (TPSA) is 0 Å². The van der Waals surface area contributed by atoms with E-state index in [0.29, 0.717) is 10.6 Å². The molecular formula is C11H13F3S. The van der Waals surface area contributed by atoms with Crippen molar-refractivity contribution in [3.63, 3.8) is 0 Å². The molecule has 0 atom stereocenters. The van der Waals surface area contributed by atoms with Gasteiger partial charge in [-0.2, -0.15) is 13.2 Å². The molecule has 84 valence electrons. The first kappa shape index (κ1) is 12.4. The van der Waals surface area contributed by atoms with Gasteiger partial charge < -0.3 is 0 Å². The Morgan fingerprint density at radius 1 is 1.20 bits per heavy atom. The van der Waals surface area contributed by atoms with Crippen LogP contribution in [0.25, 0.3) is 0 Å². The number of hydrogen-bond acceptors (Lipinski definition) is 1. The highest BCUT2D eigenvalue weighted by molar-refractivity contribution is 7.99. The molecule has 0 N–H and O–H groups in total. The molecule has 0 fully saturated rings. The van der Waals surface area contributed by atoms with E-state index in [1.54, 1.807) is 12.1 Å². The first-order valence-electron chi connectivity index (χ1n) is 4.82. The van der Waals surface area contributed by atoms with Crippen molar-refractivity contribution in [1.29, 1.82) is 0 Å². The minimum Gasteiger partial charge on any atom is -0.166 e. The molecule has 0 aliphatic rings. The van der Waals surface area contributed by atoms with Crippen LogP contribution in [0.4, 0.5) is 13.2 Å². The van der Waals surface area contributed by atoms with Gasteiger partial charge in [0.1, 0.15) is 0 Å². The van der Waals surface area contributed by atoms with Crippen LogP contribution in [0.1, 0.15) is 25.0 Å². The third-order valence-corrected chi connectivity index (χ3v) is 3.00. The molecular weight excluding hydrogens is 221 g/mol. The van der Waals surface area contributed by atoms with Crippen molar-refractivity contribution in [2.45, 2.75) is 31.3 Å². The van der Waals surface area contributed by atoms with E-state index in [1.807, 2.05) is 13.8 Å². The minimum atomic E-state index is -4.25. The first-order valence-corrected chi connectivity index (χ1v) is 5.80. The van der Waals surface area contributed by atoms with Crippen molar-refractivity contribution in [2.75, 3.05) is 5.75 Å². The maximum Gasteiger partial charge on any atom is 0.417 e. The quantitative estimate of drug-likeness (QED) is 0.699. The third kappa shape index (κ3) is 3.16. The van der Waals surface area contributed by atoms with Gasteiger partial charge in [0, 0.05) is 4.90 Å². The van der Waals surface area contributed by atoms with E-state index >= 15 is 0 Å². The highest BCUT2D eigenvalue weighted by Crippen LogP contribution is 2.37. The van der Waals surface area contributed by atoms with Gasteiger partial charge >= 0.3 is 6.18 Å². The summed E-state index contributed by atoms with van der Waals surface area (Å²) in [6, 6.07) is 4.36. The van der Waals surface area contributed by atoms with Gasteiger partial charge in [0.15, 0.2) is 0 Å². The Labute approximate surface area is 91.9 Å². The van der Waals surface area contributed by atoms with Crippen molar-refractivity contribution in [3.05, 3.63) is 29.3 Å². The number of halogens is 3. The molecule has 0 aromatic heterocycles. The highest BCUT2D eigenvalue weighted by Gasteiger charge is 2.33. The standard InChI is InChI=1S/C11H13F3S/c1-3-8-5-6-9(11(12,13)14)10(7-8)15-4-2/h5-7H,3-4H2,1-2H3. The molecule has 0 aliphatic heterocycles. The lowest BCUT2D eigenvalue weighted by Gasteiger charge is -2.12. The average Bonchev–Trinajstić information content (AvgIpc) is 2.16. The Kier molecular flexibility index (Phi) is 4.08. The fourth-order valence-electron chi connectivity index (χ4n) is 1.30. The molecule has 0 nitrogen and oxygen atoms in total. The summed E-state index contributed by atoms with van der Waals surface area (Å²) in [5.74, 6) is 0.649. The Morgan fingerprint density at radius 3 is 2.33 bits per heavy atom. The summed E-state index contributed by atoms with van der Waals surface area (Å²) in [6.07, 6.45) is -3.49. The minimum absolute atomic E-state index is 0.337. The summed E-state index contributed by atoms with van der Waals surface area (Å²) in [5.41, 5.74) is 0.422. The highest BCUT2D eigenvalue weighted by atomic mass is 32.2. The van der Waals surface area contributed by atoms with Gasteiger partial charge in [-0.05, 0) is 29.9 Å². The summed E-state index contributed by atoms with van der Waals surface area (Å²) in [4.78, 5) is 0.337. The van der Waals surface area contributed by atoms with Gasteiger partial charge in [-0.1, -0.05) is 19.9 Å². The summed E-state index contributed by atoms with van der Waals surface area (Å²) in [6.45, 7) is 3.78. The summed E-state index contributed by atoms with van der Waals surface area (Å²) in [5, 5.41) is 0. The summed E-state index contributed by atoms with van der Waals surface area (Å²) < 4.78 is 37.8. The van der Waals surface area contributed by atoms with Crippen LogP contribution in [-0.4, -0.2) is 5.75 Å². The zero-order chi connectivity index (χ0) is 11.5. The molecule has 0 unspecified atom stereocenters. The zero-order valence-electron chi connectivity index (χ0n) is 8.69. The molecule has 0 amide bonds. The van der Waals surface area contributed by atoms with E-state index in [4.69, 9.17) is 0 Å². The Morgan fingerprint density at radius 2 is 1.87 bits per heavy atom. The van der Waals surface area contributed by atoms with Crippen molar-refractivity contribution in [2.24, 2.45) is 0 Å². The number of hydrogen-bond donors (Lipinski definition) is 0. The molecule has 4 heteroatoms. The second-order valence-corrected chi connectivity index (χ2v) is 4.42. The molecule has 1 aromatic carbocycles. The third-order valence-electron chi connectivity index (χ3n) is 2.06. The van der Waals surface area contributed by atoms with Crippen LogP contribution < -0.4 is 0 Å². The lowest BCUT2D eigenvalue weighted by Crippen LogP contribution is -2.07. The van der Waals surface area contributed by atoms with Gasteiger partial charge in [0.2, 0.25) is 0 Å². The SMILES string of the molecule is CCSc1cc(CC)ccc1C(F)(F)F. The van der Waals surface area contributed by atoms with Gasteiger partial charge in [-0.15, -0.1) is 11.8 Å². The molecule has 1 rings (SSSR count). The molecule has 0 saturated heterocycles. The van der Waals surface area contributed by atoms with Crippen molar-refractivity contribution < 1.29 is 13.2 Å². The molecule has 15 heavy (non-hydrogen) atoms. The van der Waals surface area contributed by atoms with Gasteiger partial charge in [0.25, 0.3) is 0 Å². The Balaban J connectivity index is 3.15. The van der Waals surface area contributed by atoms with Crippen LogP contribution in [0.5, 0.6) is 0 Å². The zero-order valence-corrected chi connectivity index (χ0v) is 9.50. The molecule has 0 spiro atoms. The number of thioether (sulfide) groups is 1. The van der Waals surface area contributed by atoms with Crippen LogP contribution in [-0.2, 0) is 12.6 Å². The van der Waals surface area contributed by atoms with Crippen molar-refractivity contribution in [3.8, 4) is 0 Å². The van der Waals surface area contributed by atoms with E-state index in [0.717, 1.165) is 12.0 Å². The Bertz CT molecular complexity index is 331. The second kappa shape index (κ2) is 4.92. The molecule has 0 aliphatic carbocycles. The number of alkyl halides is 3. The van der Waals surface area contributed by atoms with Crippen LogP contribution in [0.15, 0.2) is 23.1 Å². The lowest BCUT2D eigenvalue weighted by atomic mass is 10.1. The number of benzene rings is 1. The van der Waals surface area contributed by atoms with Crippen LogP contribution in [0.3, 0.4) is 0 Å². The van der Waals surface area contributed by atoms with Gasteiger partial charge in [-0.3, -0.25) is 0 Å². The number of aryl methyl sites for hydroxylation is 1. The first-order chi connectivity index (χ1) is 6.99. The lowest BCUT2D eigenvalue weighted by molar-refractivity contribution is -0.139. The van der Waals surface area contributed by atoms with Crippen LogP contribution in [0.2, 0.25) is 0 Å². The summed E-state index contributed by atoms with van der Waals surface area (Å²) >= 11 is 1.24. The molecule has 1 aromatic rings. The average molecular weight is 234 g/mol. The van der Waals surface area contributed by atoms with E-state index in [2.05, 4.69) is 0 Å². The van der Waals surface area contributed by atoms with Crippen molar-refractivity contribution >= 4 is 11.8 Å². The van der Waals surface area contributed by atoms with E-state index in [1.165, 1.54) is 17.8 Å².